The lowest BCUT2D eigenvalue weighted by Crippen LogP contribution is -1.95. The highest BCUT2D eigenvalue weighted by atomic mass is 32.2. The van der Waals surface area contributed by atoms with E-state index in [0.717, 1.165) is 0 Å². The third kappa shape index (κ3) is 1.23. The van der Waals surface area contributed by atoms with Crippen molar-refractivity contribution in [3.63, 3.8) is 0 Å². The molecule has 0 nitrogen and oxygen atoms in total. The van der Waals surface area contributed by atoms with Gasteiger partial charge in [0, 0.05) is 5.75 Å². The molecule has 1 rings (SSSR count). The van der Waals surface area contributed by atoms with Crippen molar-refractivity contribution in [1.29, 1.82) is 0 Å². The van der Waals surface area contributed by atoms with E-state index in [2.05, 4.69) is 12.3 Å². The van der Waals surface area contributed by atoms with Crippen molar-refractivity contribution >= 4 is 11.8 Å². The molecule has 0 aromatic carbocycles. The van der Waals surface area contributed by atoms with Gasteiger partial charge in [0.05, 0.1) is 0 Å². The third-order valence-corrected chi connectivity index (χ3v) is 1.89. The van der Waals surface area contributed by atoms with E-state index in [1.54, 1.807) is 5.57 Å². The van der Waals surface area contributed by atoms with Gasteiger partial charge in [-0.25, -0.2) is 0 Å². The molecule has 0 bridgehead atoms. The molecule has 40 valence electrons. The van der Waals surface area contributed by atoms with Crippen LogP contribution in [-0.4, -0.2) is 12.0 Å². The maximum Gasteiger partial charge on any atom is 0.0140 e. The van der Waals surface area contributed by atoms with Crippen molar-refractivity contribution < 1.29 is 0 Å². The Morgan fingerprint density at radius 1 is 1.86 bits per heavy atom. The molecule has 0 heterocycles. The molecule has 0 N–H and O–H groups in total. The molecule has 0 aromatic heterocycles. The minimum absolute atomic E-state index is 1.26. The fraction of sp³-hybridized carbons (Fsp3) is 0.667. The zero-order valence-corrected chi connectivity index (χ0v) is 5.42. The standard InChI is InChI=1S/C6H10S/c1-7-5-6-3-2-4-6/h3H,2,4-5H2,1H3. The molecular weight excluding hydrogens is 104 g/mol. The highest BCUT2D eigenvalue weighted by Gasteiger charge is 2.02. The predicted molar refractivity (Wildman–Crippen MR) is 35.7 cm³/mol. The average Bonchev–Trinajstić information content (AvgIpc) is 1.55. The topological polar surface area (TPSA) is 0 Å². The van der Waals surface area contributed by atoms with Crippen LogP contribution < -0.4 is 0 Å². The molecule has 0 saturated heterocycles. The first-order valence-corrected chi connectivity index (χ1v) is 3.99. The second kappa shape index (κ2) is 2.41. The van der Waals surface area contributed by atoms with Gasteiger partial charge in [-0.3, -0.25) is 0 Å². The summed E-state index contributed by atoms with van der Waals surface area (Å²) in [5, 5.41) is 0. The van der Waals surface area contributed by atoms with Gasteiger partial charge in [0.2, 0.25) is 0 Å². The second-order valence-corrected chi connectivity index (χ2v) is 2.70. The van der Waals surface area contributed by atoms with Crippen LogP contribution in [0.15, 0.2) is 11.6 Å². The lowest BCUT2D eigenvalue weighted by molar-refractivity contribution is 0.880. The number of hydrogen-bond acceptors (Lipinski definition) is 1. The first-order valence-electron chi connectivity index (χ1n) is 2.60. The van der Waals surface area contributed by atoms with Gasteiger partial charge in [0.15, 0.2) is 0 Å². The van der Waals surface area contributed by atoms with Crippen LogP contribution in [-0.2, 0) is 0 Å². The molecule has 0 saturated carbocycles. The van der Waals surface area contributed by atoms with E-state index in [4.69, 9.17) is 0 Å². The molecule has 0 fully saturated rings. The van der Waals surface area contributed by atoms with Crippen LogP contribution in [0.2, 0.25) is 0 Å². The van der Waals surface area contributed by atoms with Gasteiger partial charge in [0.25, 0.3) is 0 Å². The summed E-state index contributed by atoms with van der Waals surface area (Å²) in [5.74, 6) is 1.26. The normalized spacial score (nSPS) is 18.1. The van der Waals surface area contributed by atoms with Crippen LogP contribution in [0.1, 0.15) is 12.8 Å². The Balaban J connectivity index is 2.15. The summed E-state index contributed by atoms with van der Waals surface area (Å²) in [4.78, 5) is 0. The summed E-state index contributed by atoms with van der Waals surface area (Å²) in [5.41, 5.74) is 1.65. The van der Waals surface area contributed by atoms with Gasteiger partial charge in [-0.1, -0.05) is 11.6 Å². The van der Waals surface area contributed by atoms with Crippen LogP contribution in [0.3, 0.4) is 0 Å². The van der Waals surface area contributed by atoms with Crippen LogP contribution in [0.25, 0.3) is 0 Å². The summed E-state index contributed by atoms with van der Waals surface area (Å²) in [6, 6.07) is 0. The van der Waals surface area contributed by atoms with Crippen molar-refractivity contribution in [3.8, 4) is 0 Å². The first-order chi connectivity index (χ1) is 3.43. The molecule has 1 heteroatoms. The van der Waals surface area contributed by atoms with Crippen LogP contribution in [0.4, 0.5) is 0 Å². The zero-order chi connectivity index (χ0) is 5.11. The lowest BCUT2D eigenvalue weighted by Gasteiger charge is -2.11. The van der Waals surface area contributed by atoms with Crippen molar-refractivity contribution in [3.05, 3.63) is 11.6 Å². The van der Waals surface area contributed by atoms with Crippen molar-refractivity contribution in [2.45, 2.75) is 12.8 Å². The van der Waals surface area contributed by atoms with E-state index in [1.165, 1.54) is 18.6 Å². The van der Waals surface area contributed by atoms with Gasteiger partial charge in [0.1, 0.15) is 0 Å². The molecule has 0 atom stereocenters. The largest absolute Gasteiger partial charge is 0.161 e. The number of rotatable bonds is 2. The lowest BCUT2D eigenvalue weighted by atomic mass is 10.0. The maximum atomic E-state index is 2.33. The fourth-order valence-corrected chi connectivity index (χ4v) is 1.30. The van der Waals surface area contributed by atoms with Gasteiger partial charge < -0.3 is 0 Å². The third-order valence-electron chi connectivity index (χ3n) is 1.23. The van der Waals surface area contributed by atoms with Crippen LogP contribution >= 0.6 is 11.8 Å². The molecular formula is C6H10S. The van der Waals surface area contributed by atoms with Crippen molar-refractivity contribution in [2.24, 2.45) is 0 Å². The van der Waals surface area contributed by atoms with E-state index in [-0.39, 0.29) is 0 Å². The van der Waals surface area contributed by atoms with E-state index < -0.39 is 0 Å². The van der Waals surface area contributed by atoms with Gasteiger partial charge in [-0.2, -0.15) is 11.8 Å². The Hall–Kier alpha value is 0.0900. The van der Waals surface area contributed by atoms with E-state index in [9.17, 15) is 0 Å². The van der Waals surface area contributed by atoms with Crippen LogP contribution in [0.5, 0.6) is 0 Å². The van der Waals surface area contributed by atoms with E-state index in [0.29, 0.717) is 0 Å². The zero-order valence-electron chi connectivity index (χ0n) is 4.61. The van der Waals surface area contributed by atoms with E-state index in [1.807, 2.05) is 11.8 Å². The molecule has 0 radical (unpaired) electrons. The molecule has 1 aliphatic carbocycles. The summed E-state index contributed by atoms with van der Waals surface area (Å²) >= 11 is 1.92. The highest BCUT2D eigenvalue weighted by Crippen LogP contribution is 2.20. The van der Waals surface area contributed by atoms with Gasteiger partial charge in [-0.05, 0) is 19.1 Å². The average molecular weight is 114 g/mol. The summed E-state index contributed by atoms with van der Waals surface area (Å²) in [7, 11) is 0. The molecule has 7 heavy (non-hydrogen) atoms. The molecule has 0 aromatic rings. The molecule has 1 aliphatic rings. The molecule has 0 aliphatic heterocycles. The number of hydrogen-bond donors (Lipinski definition) is 0. The van der Waals surface area contributed by atoms with Gasteiger partial charge >= 0.3 is 0 Å². The molecule has 0 amide bonds. The Morgan fingerprint density at radius 3 is 2.71 bits per heavy atom. The van der Waals surface area contributed by atoms with Crippen LogP contribution in [0, 0.1) is 0 Å². The van der Waals surface area contributed by atoms with E-state index >= 15 is 0 Å². The smallest absolute Gasteiger partial charge is 0.0140 e. The minimum Gasteiger partial charge on any atom is -0.161 e. The summed E-state index contributed by atoms with van der Waals surface area (Å²) in [6.45, 7) is 0. The number of thioether (sulfide) groups is 1. The van der Waals surface area contributed by atoms with Gasteiger partial charge in [-0.15, -0.1) is 0 Å². The summed E-state index contributed by atoms with van der Waals surface area (Å²) < 4.78 is 0. The maximum absolute atomic E-state index is 2.33. The quantitative estimate of drug-likeness (QED) is 0.495. The first kappa shape index (κ1) is 5.23. The molecule has 0 unspecified atom stereocenters. The Labute approximate surface area is 49.0 Å². The van der Waals surface area contributed by atoms with Crippen molar-refractivity contribution in [1.82, 2.24) is 0 Å². The summed E-state index contributed by atoms with van der Waals surface area (Å²) in [6.07, 6.45) is 7.17. The Morgan fingerprint density at radius 2 is 2.57 bits per heavy atom. The van der Waals surface area contributed by atoms with Crippen molar-refractivity contribution in [2.75, 3.05) is 12.0 Å². The predicted octanol–water partition coefficient (Wildman–Crippen LogP) is 2.07. The SMILES string of the molecule is CSCC1=CCC1. The molecule has 0 spiro atoms. The Bertz CT molecular complexity index is 84.2. The number of allylic oxidation sites excluding steroid dienone is 1. The highest BCUT2D eigenvalue weighted by molar-refractivity contribution is 7.98. The monoisotopic (exact) mass is 114 g/mol. The Kier molecular flexibility index (Phi) is 1.80. The second-order valence-electron chi connectivity index (χ2n) is 1.83. The fourth-order valence-electron chi connectivity index (χ4n) is 0.665. The minimum atomic E-state index is 1.26.